The molecule has 1 unspecified atom stereocenters. The number of carbonyl (C=O) groups is 1. The Morgan fingerprint density at radius 1 is 1.30 bits per heavy atom. The van der Waals surface area contributed by atoms with Gasteiger partial charge in [-0.3, -0.25) is 4.79 Å². The molecule has 0 saturated heterocycles. The summed E-state index contributed by atoms with van der Waals surface area (Å²) in [6.07, 6.45) is 2.15. The smallest absolute Gasteiger partial charge is 0.320 e. The molecule has 1 aromatic rings. The van der Waals surface area contributed by atoms with Crippen molar-refractivity contribution < 1.29 is 14.7 Å². The fourth-order valence-electron chi connectivity index (χ4n) is 1.70. The van der Waals surface area contributed by atoms with Gasteiger partial charge < -0.3 is 15.7 Å². The van der Waals surface area contributed by atoms with Crippen molar-refractivity contribution in [2.24, 2.45) is 10.9 Å². The first-order valence-electron chi connectivity index (χ1n) is 6.68. The van der Waals surface area contributed by atoms with Crippen LogP contribution < -0.4 is 5.73 Å². The van der Waals surface area contributed by atoms with Crippen LogP contribution in [0, 0.1) is 0 Å². The molecule has 1 aromatic carbocycles. The van der Waals surface area contributed by atoms with Gasteiger partial charge in [0.15, 0.2) is 0 Å². The minimum absolute atomic E-state index is 0.350. The lowest BCUT2D eigenvalue weighted by molar-refractivity contribution is -0.138. The Hall–Kier alpha value is -1.88. The number of carboxylic acid groups (broad SMARTS) is 1. The normalized spacial score (nSPS) is 11.8. The number of nitrogens with zero attached hydrogens (tertiary/aromatic N) is 1. The predicted molar refractivity (Wildman–Crippen MR) is 78.8 cm³/mol. The van der Waals surface area contributed by atoms with Gasteiger partial charge in [-0.2, -0.15) is 0 Å². The Morgan fingerprint density at radius 2 is 1.90 bits per heavy atom. The topological polar surface area (TPSA) is 84.9 Å². The van der Waals surface area contributed by atoms with Gasteiger partial charge in [0.05, 0.1) is 5.71 Å². The van der Waals surface area contributed by atoms with Crippen molar-refractivity contribution in [2.45, 2.75) is 39.2 Å². The highest BCUT2D eigenvalue weighted by molar-refractivity contribution is 5.78. The SMILES string of the molecule is CC(C)=NOCCCc1ccc(CC(N)C(=O)O)cc1. The summed E-state index contributed by atoms with van der Waals surface area (Å²) in [4.78, 5) is 15.8. The van der Waals surface area contributed by atoms with Gasteiger partial charge in [0, 0.05) is 0 Å². The highest BCUT2D eigenvalue weighted by Gasteiger charge is 2.11. The van der Waals surface area contributed by atoms with Crippen LogP contribution in [0.5, 0.6) is 0 Å². The van der Waals surface area contributed by atoms with Gasteiger partial charge in [-0.1, -0.05) is 29.4 Å². The van der Waals surface area contributed by atoms with E-state index >= 15 is 0 Å². The van der Waals surface area contributed by atoms with E-state index in [1.165, 1.54) is 5.56 Å². The highest BCUT2D eigenvalue weighted by atomic mass is 16.6. The van der Waals surface area contributed by atoms with Crippen molar-refractivity contribution >= 4 is 11.7 Å². The van der Waals surface area contributed by atoms with Crippen LogP contribution in [-0.2, 0) is 22.5 Å². The lowest BCUT2D eigenvalue weighted by Crippen LogP contribution is -2.32. The van der Waals surface area contributed by atoms with Gasteiger partial charge in [-0.05, 0) is 44.2 Å². The van der Waals surface area contributed by atoms with Crippen LogP contribution in [0.3, 0.4) is 0 Å². The highest BCUT2D eigenvalue weighted by Crippen LogP contribution is 2.08. The van der Waals surface area contributed by atoms with Gasteiger partial charge in [0.25, 0.3) is 0 Å². The summed E-state index contributed by atoms with van der Waals surface area (Å²) in [5.74, 6) is -0.974. The second-order valence-electron chi connectivity index (χ2n) is 4.94. The summed E-state index contributed by atoms with van der Waals surface area (Å²) in [6.45, 7) is 4.37. The lowest BCUT2D eigenvalue weighted by atomic mass is 10.0. The molecular weight excluding hydrogens is 256 g/mol. The van der Waals surface area contributed by atoms with Gasteiger partial charge >= 0.3 is 5.97 Å². The molecule has 0 aliphatic heterocycles. The van der Waals surface area contributed by atoms with Gasteiger partial charge in [0.1, 0.15) is 12.6 Å². The first kappa shape index (κ1) is 16.2. The molecule has 0 fully saturated rings. The van der Waals surface area contributed by atoms with E-state index in [-0.39, 0.29) is 0 Å². The van der Waals surface area contributed by atoms with Crippen molar-refractivity contribution in [3.05, 3.63) is 35.4 Å². The largest absolute Gasteiger partial charge is 0.480 e. The van der Waals surface area contributed by atoms with Crippen LogP contribution in [0.15, 0.2) is 29.4 Å². The third-order valence-corrected chi connectivity index (χ3v) is 2.74. The molecule has 0 amide bonds. The maximum Gasteiger partial charge on any atom is 0.320 e. The zero-order valence-corrected chi connectivity index (χ0v) is 12.0. The molecule has 0 spiro atoms. The maximum absolute atomic E-state index is 10.7. The molecule has 0 aliphatic carbocycles. The third kappa shape index (κ3) is 6.33. The molecule has 5 nitrogen and oxygen atoms in total. The van der Waals surface area contributed by atoms with Crippen LogP contribution in [-0.4, -0.2) is 29.4 Å². The number of hydrogen-bond donors (Lipinski definition) is 2. The zero-order valence-electron chi connectivity index (χ0n) is 12.0. The minimum atomic E-state index is -0.974. The molecule has 1 atom stereocenters. The van der Waals surface area contributed by atoms with E-state index < -0.39 is 12.0 Å². The van der Waals surface area contributed by atoms with Crippen molar-refractivity contribution in [3.8, 4) is 0 Å². The summed E-state index contributed by atoms with van der Waals surface area (Å²) in [5.41, 5.74) is 8.53. The minimum Gasteiger partial charge on any atom is -0.480 e. The number of carboxylic acids is 1. The molecule has 0 heterocycles. The summed E-state index contributed by atoms with van der Waals surface area (Å²) < 4.78 is 0. The van der Waals surface area contributed by atoms with E-state index in [4.69, 9.17) is 15.7 Å². The number of rotatable bonds is 8. The molecule has 0 bridgehead atoms. The standard InChI is InChI=1S/C15H22N2O3/c1-11(2)17-20-9-3-4-12-5-7-13(8-6-12)10-14(16)15(18)19/h5-8,14H,3-4,9-10,16H2,1-2H3,(H,18,19). The number of oxime groups is 1. The second kappa shape index (κ2) is 8.32. The Kier molecular flexibility index (Phi) is 6.73. The van der Waals surface area contributed by atoms with E-state index in [0.717, 1.165) is 24.1 Å². The molecule has 0 saturated carbocycles. The molecule has 5 heteroatoms. The fraction of sp³-hybridized carbons (Fsp3) is 0.467. The average molecular weight is 278 g/mol. The third-order valence-electron chi connectivity index (χ3n) is 2.74. The van der Waals surface area contributed by atoms with Gasteiger partial charge in [0.2, 0.25) is 0 Å². The lowest BCUT2D eigenvalue weighted by Gasteiger charge is -2.07. The van der Waals surface area contributed by atoms with Crippen molar-refractivity contribution in [1.82, 2.24) is 0 Å². The molecule has 1 rings (SSSR count). The van der Waals surface area contributed by atoms with Gasteiger partial charge in [-0.15, -0.1) is 0 Å². The molecule has 20 heavy (non-hydrogen) atoms. The number of nitrogens with two attached hydrogens (primary N) is 1. The Labute approximate surface area is 119 Å². The van der Waals surface area contributed by atoms with E-state index in [1.807, 2.05) is 38.1 Å². The number of benzene rings is 1. The van der Waals surface area contributed by atoms with Gasteiger partial charge in [-0.25, -0.2) is 0 Å². The molecule has 0 radical (unpaired) electrons. The molecular formula is C15H22N2O3. The van der Waals surface area contributed by atoms with E-state index in [1.54, 1.807) is 0 Å². The van der Waals surface area contributed by atoms with Crippen LogP contribution in [0.2, 0.25) is 0 Å². The first-order chi connectivity index (χ1) is 9.49. The van der Waals surface area contributed by atoms with E-state index in [0.29, 0.717) is 13.0 Å². The molecule has 110 valence electrons. The number of aliphatic carboxylic acids is 1. The van der Waals surface area contributed by atoms with Crippen LogP contribution in [0.4, 0.5) is 0 Å². The quantitative estimate of drug-likeness (QED) is 0.432. The summed E-state index contributed by atoms with van der Waals surface area (Å²) >= 11 is 0. The van der Waals surface area contributed by atoms with E-state index in [9.17, 15) is 4.79 Å². The zero-order chi connectivity index (χ0) is 15.0. The van der Waals surface area contributed by atoms with Crippen LogP contribution in [0.25, 0.3) is 0 Å². The molecule has 3 N–H and O–H groups in total. The van der Waals surface area contributed by atoms with E-state index in [2.05, 4.69) is 5.16 Å². The summed E-state index contributed by atoms with van der Waals surface area (Å²) in [5, 5.41) is 12.6. The first-order valence-corrected chi connectivity index (χ1v) is 6.68. The molecule has 0 aromatic heterocycles. The Morgan fingerprint density at radius 3 is 2.45 bits per heavy atom. The van der Waals surface area contributed by atoms with Crippen molar-refractivity contribution in [3.63, 3.8) is 0 Å². The molecule has 0 aliphatic rings. The van der Waals surface area contributed by atoms with Crippen LogP contribution in [0.1, 0.15) is 31.4 Å². The predicted octanol–water partition coefficient (Wildman–Crippen LogP) is 1.99. The van der Waals surface area contributed by atoms with Crippen molar-refractivity contribution in [1.29, 1.82) is 0 Å². The van der Waals surface area contributed by atoms with Crippen molar-refractivity contribution in [2.75, 3.05) is 6.61 Å². The summed E-state index contributed by atoms with van der Waals surface area (Å²) in [6, 6.07) is 7.00. The monoisotopic (exact) mass is 278 g/mol. The fourth-order valence-corrected chi connectivity index (χ4v) is 1.70. The summed E-state index contributed by atoms with van der Waals surface area (Å²) in [7, 11) is 0. The number of aryl methyl sites for hydroxylation is 1. The number of hydrogen-bond acceptors (Lipinski definition) is 4. The second-order valence-corrected chi connectivity index (χ2v) is 4.94. The Bertz CT molecular complexity index is 451. The average Bonchev–Trinajstić information content (AvgIpc) is 2.39. The van der Waals surface area contributed by atoms with Crippen LogP contribution >= 0.6 is 0 Å². The Balaban J connectivity index is 2.35. The maximum atomic E-state index is 10.7.